The lowest BCUT2D eigenvalue weighted by Gasteiger charge is -2.20. The van der Waals surface area contributed by atoms with Gasteiger partial charge in [-0.3, -0.25) is 4.79 Å². The van der Waals surface area contributed by atoms with Gasteiger partial charge < -0.3 is 21.5 Å². The van der Waals surface area contributed by atoms with Crippen LogP contribution in [0, 0.1) is 0 Å². The molecule has 0 bridgehead atoms. The number of rotatable bonds is 11. The number of hydrogen-bond donors (Lipinski definition) is 4. The third-order valence-corrected chi connectivity index (χ3v) is 3.07. The van der Waals surface area contributed by atoms with Gasteiger partial charge in [0.2, 0.25) is 0 Å². The van der Waals surface area contributed by atoms with Crippen molar-refractivity contribution in [1.29, 1.82) is 0 Å². The van der Waals surface area contributed by atoms with Crippen molar-refractivity contribution >= 4 is 12.0 Å². The van der Waals surface area contributed by atoms with Crippen molar-refractivity contribution < 1.29 is 14.7 Å². The first-order valence-corrected chi connectivity index (χ1v) is 7.15. The number of hydrogen-bond acceptors (Lipinski definition) is 3. The molecular weight excluding hydrogens is 258 g/mol. The largest absolute Gasteiger partial charge is 0.481 e. The van der Waals surface area contributed by atoms with Crippen LogP contribution in [0.4, 0.5) is 4.79 Å². The molecule has 6 heteroatoms. The van der Waals surface area contributed by atoms with E-state index in [0.29, 0.717) is 25.9 Å². The van der Waals surface area contributed by atoms with E-state index in [1.54, 1.807) is 0 Å². The summed E-state index contributed by atoms with van der Waals surface area (Å²) in [5.41, 5.74) is 6.22. The molecule has 0 aromatic carbocycles. The number of carboxylic acid groups (broad SMARTS) is 1. The van der Waals surface area contributed by atoms with Crippen LogP contribution in [0.2, 0.25) is 0 Å². The van der Waals surface area contributed by atoms with Crippen molar-refractivity contribution in [2.75, 3.05) is 13.1 Å². The number of nitrogens with one attached hydrogen (secondary N) is 2. The van der Waals surface area contributed by atoms with Crippen molar-refractivity contribution in [3.05, 3.63) is 12.2 Å². The highest BCUT2D eigenvalue weighted by atomic mass is 16.4. The molecule has 20 heavy (non-hydrogen) atoms. The third-order valence-electron chi connectivity index (χ3n) is 3.07. The van der Waals surface area contributed by atoms with Crippen LogP contribution in [-0.4, -0.2) is 36.2 Å². The number of aliphatic carboxylic acids is 1. The zero-order valence-corrected chi connectivity index (χ0v) is 12.3. The highest BCUT2D eigenvalue weighted by molar-refractivity contribution is 5.74. The third kappa shape index (κ3) is 9.38. The standard InChI is InChI=1S/C14H27N3O3/c1-3-11(2)12(7-8-13(18)19)17-14(20)16-10-6-4-5-9-15/h12H,2-10,15H2,1H3,(H,18,19)(H2,16,17,20). The zero-order valence-electron chi connectivity index (χ0n) is 12.3. The summed E-state index contributed by atoms with van der Waals surface area (Å²) in [6.07, 6.45) is 3.92. The molecule has 5 N–H and O–H groups in total. The molecule has 0 aromatic heterocycles. The van der Waals surface area contributed by atoms with E-state index < -0.39 is 5.97 Å². The van der Waals surface area contributed by atoms with Gasteiger partial charge in [0.05, 0.1) is 6.04 Å². The average molecular weight is 285 g/mol. The summed E-state index contributed by atoms with van der Waals surface area (Å²) in [6, 6.07) is -0.567. The van der Waals surface area contributed by atoms with Gasteiger partial charge >= 0.3 is 12.0 Å². The van der Waals surface area contributed by atoms with Crippen molar-refractivity contribution in [1.82, 2.24) is 10.6 Å². The Balaban J connectivity index is 4.05. The van der Waals surface area contributed by atoms with Crippen molar-refractivity contribution in [3.8, 4) is 0 Å². The lowest BCUT2D eigenvalue weighted by Crippen LogP contribution is -2.43. The maximum atomic E-state index is 11.7. The molecule has 0 spiro atoms. The molecule has 0 aliphatic carbocycles. The molecule has 0 saturated carbocycles. The van der Waals surface area contributed by atoms with Crippen LogP contribution in [0.1, 0.15) is 45.4 Å². The second-order valence-corrected chi connectivity index (χ2v) is 4.75. The maximum absolute atomic E-state index is 11.7. The van der Waals surface area contributed by atoms with Gasteiger partial charge in [0, 0.05) is 13.0 Å². The fraction of sp³-hybridized carbons (Fsp3) is 0.714. The van der Waals surface area contributed by atoms with Gasteiger partial charge in [-0.15, -0.1) is 0 Å². The van der Waals surface area contributed by atoms with Crippen LogP contribution >= 0.6 is 0 Å². The van der Waals surface area contributed by atoms with E-state index in [-0.39, 0.29) is 18.5 Å². The quantitative estimate of drug-likeness (QED) is 0.342. The van der Waals surface area contributed by atoms with Crippen LogP contribution in [0.15, 0.2) is 12.2 Å². The first kappa shape index (κ1) is 18.4. The maximum Gasteiger partial charge on any atom is 0.315 e. The topological polar surface area (TPSA) is 104 Å². The van der Waals surface area contributed by atoms with Crippen molar-refractivity contribution in [3.63, 3.8) is 0 Å². The zero-order chi connectivity index (χ0) is 15.4. The highest BCUT2D eigenvalue weighted by Crippen LogP contribution is 2.10. The van der Waals surface area contributed by atoms with E-state index >= 15 is 0 Å². The molecule has 0 fully saturated rings. The first-order valence-electron chi connectivity index (χ1n) is 7.15. The summed E-state index contributed by atoms with van der Waals surface area (Å²) in [6.45, 7) is 7.07. The minimum absolute atomic E-state index is 0.0144. The van der Waals surface area contributed by atoms with Gasteiger partial charge in [-0.1, -0.05) is 25.5 Å². The molecule has 0 aromatic rings. The summed E-state index contributed by atoms with van der Waals surface area (Å²) < 4.78 is 0. The number of nitrogens with two attached hydrogens (primary N) is 1. The summed E-state index contributed by atoms with van der Waals surface area (Å²) in [7, 11) is 0. The molecule has 0 rings (SSSR count). The van der Waals surface area contributed by atoms with Gasteiger partial charge in [0.1, 0.15) is 0 Å². The fourth-order valence-corrected chi connectivity index (χ4v) is 1.75. The SMILES string of the molecule is C=C(CC)C(CCC(=O)O)NC(=O)NCCCCCN. The Morgan fingerprint density at radius 2 is 2.00 bits per heavy atom. The molecule has 0 heterocycles. The lowest BCUT2D eigenvalue weighted by molar-refractivity contribution is -0.137. The molecule has 0 radical (unpaired) electrons. The van der Waals surface area contributed by atoms with E-state index in [1.165, 1.54) is 0 Å². The normalized spacial score (nSPS) is 11.7. The van der Waals surface area contributed by atoms with Crippen molar-refractivity contribution in [2.45, 2.75) is 51.5 Å². The van der Waals surface area contributed by atoms with Crippen LogP contribution in [-0.2, 0) is 4.79 Å². The number of urea groups is 1. The molecule has 6 nitrogen and oxygen atoms in total. The molecular formula is C14H27N3O3. The fourth-order valence-electron chi connectivity index (χ4n) is 1.75. The Morgan fingerprint density at radius 1 is 1.30 bits per heavy atom. The highest BCUT2D eigenvalue weighted by Gasteiger charge is 2.15. The Kier molecular flexibility index (Phi) is 10.4. The average Bonchev–Trinajstić information content (AvgIpc) is 2.42. The summed E-state index contributed by atoms with van der Waals surface area (Å²) in [4.78, 5) is 22.3. The number of unbranched alkanes of at least 4 members (excludes halogenated alkanes) is 2. The minimum Gasteiger partial charge on any atom is -0.481 e. The van der Waals surface area contributed by atoms with Crippen molar-refractivity contribution in [2.24, 2.45) is 5.73 Å². The van der Waals surface area contributed by atoms with E-state index in [9.17, 15) is 9.59 Å². The van der Waals surface area contributed by atoms with Gasteiger partial charge in [-0.25, -0.2) is 4.79 Å². The Morgan fingerprint density at radius 3 is 2.55 bits per heavy atom. The smallest absolute Gasteiger partial charge is 0.315 e. The minimum atomic E-state index is -0.872. The first-order chi connectivity index (χ1) is 9.51. The second-order valence-electron chi connectivity index (χ2n) is 4.75. The molecule has 1 unspecified atom stereocenters. The van der Waals surface area contributed by atoms with Gasteiger partial charge in [0.25, 0.3) is 0 Å². The summed E-state index contributed by atoms with van der Waals surface area (Å²) in [5, 5.41) is 14.2. The number of carbonyl (C=O) groups is 2. The van der Waals surface area contributed by atoms with Gasteiger partial charge in [0.15, 0.2) is 0 Å². The lowest BCUT2D eigenvalue weighted by atomic mass is 10.0. The number of carbonyl (C=O) groups excluding carboxylic acids is 1. The predicted octanol–water partition coefficient (Wildman–Crippen LogP) is 1.61. The Hall–Kier alpha value is -1.56. The molecule has 0 aliphatic rings. The molecule has 0 saturated heterocycles. The molecule has 116 valence electrons. The number of carboxylic acids is 1. The predicted molar refractivity (Wildman–Crippen MR) is 79.5 cm³/mol. The van der Waals surface area contributed by atoms with Crippen LogP contribution < -0.4 is 16.4 Å². The molecule has 2 amide bonds. The summed E-state index contributed by atoms with van der Waals surface area (Å²) >= 11 is 0. The second kappa shape index (κ2) is 11.3. The van der Waals surface area contributed by atoms with E-state index in [1.807, 2.05) is 6.92 Å². The van der Waals surface area contributed by atoms with Gasteiger partial charge in [-0.05, 0) is 32.2 Å². The van der Waals surface area contributed by atoms with Crippen LogP contribution in [0.25, 0.3) is 0 Å². The van der Waals surface area contributed by atoms with Crippen LogP contribution in [0.3, 0.4) is 0 Å². The Bertz CT molecular complexity index is 319. The molecule has 0 aliphatic heterocycles. The van der Waals surface area contributed by atoms with Crippen LogP contribution in [0.5, 0.6) is 0 Å². The monoisotopic (exact) mass is 285 g/mol. The Labute approximate surface area is 120 Å². The number of amides is 2. The van der Waals surface area contributed by atoms with Gasteiger partial charge in [-0.2, -0.15) is 0 Å². The van der Waals surface area contributed by atoms with E-state index in [4.69, 9.17) is 10.8 Å². The van der Waals surface area contributed by atoms with E-state index in [2.05, 4.69) is 17.2 Å². The van der Waals surface area contributed by atoms with E-state index in [0.717, 1.165) is 24.8 Å². The molecule has 1 atom stereocenters. The summed E-state index contributed by atoms with van der Waals surface area (Å²) in [5.74, 6) is -0.872.